The highest BCUT2D eigenvalue weighted by Gasteiger charge is 2.41. The van der Waals surface area contributed by atoms with Crippen molar-refractivity contribution in [2.24, 2.45) is 5.92 Å². The van der Waals surface area contributed by atoms with E-state index in [1.807, 2.05) is 6.07 Å². The van der Waals surface area contributed by atoms with Crippen LogP contribution in [0.1, 0.15) is 37.7 Å². The lowest BCUT2D eigenvalue weighted by Crippen LogP contribution is -2.58. The maximum atomic E-state index is 11.7. The average molecular weight is 413 g/mol. The van der Waals surface area contributed by atoms with E-state index in [2.05, 4.69) is 43.3 Å². The Morgan fingerprint density at radius 1 is 1.11 bits per heavy atom. The Balaban J connectivity index is 0.000000500. The minimum atomic E-state index is -3.92. The number of rotatable bonds is 4. The number of aliphatic hydroxyl groups is 1. The number of piperazine rings is 1. The Morgan fingerprint density at radius 3 is 2.11 bits per heavy atom. The number of nitrogens with zero attached hydrogens (tertiary/aromatic N) is 2. The first-order valence-electron chi connectivity index (χ1n) is 10.2. The molecule has 160 valence electrons. The van der Waals surface area contributed by atoms with Gasteiger partial charge in [-0.05, 0) is 24.3 Å². The Labute approximate surface area is 170 Å². The Kier molecular flexibility index (Phi) is 8.05. The first kappa shape index (κ1) is 23.3. The van der Waals surface area contributed by atoms with Crippen LogP contribution in [-0.2, 0) is 15.7 Å². The fourth-order valence-corrected chi connectivity index (χ4v) is 4.31. The van der Waals surface area contributed by atoms with Crippen molar-refractivity contribution >= 4 is 10.1 Å². The third kappa shape index (κ3) is 7.44. The molecule has 7 heteroatoms. The number of hydrogen-bond donors (Lipinski definition) is 1. The van der Waals surface area contributed by atoms with Crippen molar-refractivity contribution in [2.45, 2.75) is 37.7 Å². The van der Waals surface area contributed by atoms with Gasteiger partial charge in [0, 0.05) is 25.9 Å². The highest BCUT2D eigenvalue weighted by Crippen LogP contribution is 2.40. The molecule has 2 fully saturated rings. The highest BCUT2D eigenvalue weighted by molar-refractivity contribution is 7.84. The summed E-state index contributed by atoms with van der Waals surface area (Å²) in [7, 11) is 0.698. The molecule has 1 heterocycles. The second-order valence-electron chi connectivity index (χ2n) is 8.99. The van der Waals surface area contributed by atoms with Gasteiger partial charge in [0.15, 0.2) is 0 Å². The first-order chi connectivity index (χ1) is 13.0. The fraction of sp³-hybridized carbons (Fsp3) is 0.714. The van der Waals surface area contributed by atoms with E-state index in [4.69, 9.17) is 13.0 Å². The Hall–Kier alpha value is -0.990. The van der Waals surface area contributed by atoms with Crippen LogP contribution in [0.25, 0.3) is 0 Å². The van der Waals surface area contributed by atoms with E-state index >= 15 is 0 Å². The van der Waals surface area contributed by atoms with Crippen molar-refractivity contribution in [2.75, 3.05) is 53.1 Å². The lowest BCUT2D eigenvalue weighted by atomic mass is 9.73. The zero-order valence-electron chi connectivity index (χ0n) is 17.5. The van der Waals surface area contributed by atoms with Crippen LogP contribution in [0.3, 0.4) is 0 Å². The van der Waals surface area contributed by atoms with E-state index < -0.39 is 15.7 Å². The van der Waals surface area contributed by atoms with E-state index in [0.717, 1.165) is 29.7 Å². The molecular formula is C21H36N2O4S. The van der Waals surface area contributed by atoms with Gasteiger partial charge in [0.05, 0.1) is 37.3 Å². The quantitative estimate of drug-likeness (QED) is 0.604. The van der Waals surface area contributed by atoms with E-state index in [1.54, 1.807) is 0 Å². The molecule has 0 amide bonds. The molecule has 1 saturated carbocycles. The molecule has 6 nitrogen and oxygen atoms in total. The van der Waals surface area contributed by atoms with Crippen LogP contribution in [0.4, 0.5) is 0 Å². The second-order valence-corrected chi connectivity index (χ2v) is 10.4. The van der Waals surface area contributed by atoms with Gasteiger partial charge in [-0.15, -0.1) is 0 Å². The van der Waals surface area contributed by atoms with Gasteiger partial charge in [-0.25, -0.2) is 8.42 Å². The summed E-state index contributed by atoms with van der Waals surface area (Å²) >= 11 is 0. The van der Waals surface area contributed by atoms with Gasteiger partial charge in [-0.2, -0.15) is 0 Å². The van der Waals surface area contributed by atoms with E-state index in [-0.39, 0.29) is 0 Å². The summed E-state index contributed by atoms with van der Waals surface area (Å²) < 4.78 is 28.3. The predicted octanol–water partition coefficient (Wildman–Crippen LogP) is 2.01. The van der Waals surface area contributed by atoms with Crippen molar-refractivity contribution in [3.63, 3.8) is 0 Å². The molecule has 0 bridgehead atoms. The molecule has 3 rings (SSSR count). The average Bonchev–Trinajstić information content (AvgIpc) is 2.63. The van der Waals surface area contributed by atoms with E-state index in [9.17, 15) is 5.11 Å². The van der Waals surface area contributed by atoms with Crippen LogP contribution in [0.2, 0.25) is 0 Å². The topological polar surface area (TPSA) is 80.7 Å². The molecular weight excluding hydrogens is 376 g/mol. The van der Waals surface area contributed by atoms with Crippen molar-refractivity contribution in [1.82, 2.24) is 4.90 Å². The van der Waals surface area contributed by atoms with E-state index in [1.165, 1.54) is 45.2 Å². The molecule has 0 spiro atoms. The van der Waals surface area contributed by atoms with Gasteiger partial charge >= 0.3 is 0 Å². The lowest BCUT2D eigenvalue weighted by molar-refractivity contribution is -0.894. The normalized spacial score (nSPS) is 23.3. The zero-order chi connectivity index (χ0) is 20.8. The minimum Gasteiger partial charge on any atom is -0.748 e. The van der Waals surface area contributed by atoms with Gasteiger partial charge < -0.3 is 14.1 Å². The first-order valence-corrected chi connectivity index (χ1v) is 12.0. The maximum absolute atomic E-state index is 11.7. The number of benzene rings is 1. The Morgan fingerprint density at radius 2 is 1.61 bits per heavy atom. The molecule has 2 aliphatic rings. The lowest BCUT2D eigenvalue weighted by Gasteiger charge is -2.45. The molecule has 1 aromatic rings. The standard InChI is InChI=1S/C20H33N2O.CH4O3S/c1-22(2)15-13-21(14-16-22)17-20(23,18-9-5-3-6-10-18)19-11-7-4-8-12-19;1-5(2,3)4/h3,5-6,9-10,19,23H,4,7-8,11-17H2,1-2H3;1H3,(H,2,3,4)/q+1;/p-1. The number of quaternary nitrogens is 1. The fourth-order valence-electron chi connectivity index (χ4n) is 4.31. The van der Waals surface area contributed by atoms with Gasteiger partial charge in [0.1, 0.15) is 5.60 Å². The van der Waals surface area contributed by atoms with Crippen LogP contribution >= 0.6 is 0 Å². The molecule has 1 aliphatic heterocycles. The van der Waals surface area contributed by atoms with Gasteiger partial charge in [0.25, 0.3) is 0 Å². The van der Waals surface area contributed by atoms with Crippen molar-refractivity contribution in [3.05, 3.63) is 35.9 Å². The Bertz CT molecular complexity index is 684. The van der Waals surface area contributed by atoms with Crippen LogP contribution in [0, 0.1) is 5.92 Å². The van der Waals surface area contributed by atoms with Crippen molar-refractivity contribution in [3.8, 4) is 0 Å². The van der Waals surface area contributed by atoms with Crippen LogP contribution < -0.4 is 0 Å². The summed E-state index contributed by atoms with van der Waals surface area (Å²) in [6.45, 7) is 5.33. The van der Waals surface area contributed by atoms with Gasteiger partial charge in [-0.1, -0.05) is 49.6 Å². The number of hydrogen-bond acceptors (Lipinski definition) is 5. The SMILES string of the molecule is CS(=O)(=O)[O-].C[N+]1(C)CCN(CC(O)(c2ccccc2)C2CCCCC2)CC1. The monoisotopic (exact) mass is 412 g/mol. The molecule has 28 heavy (non-hydrogen) atoms. The summed E-state index contributed by atoms with van der Waals surface area (Å²) in [5.41, 5.74) is 0.433. The molecule has 1 aliphatic carbocycles. The smallest absolute Gasteiger partial charge is 0.105 e. The highest BCUT2D eigenvalue weighted by atomic mass is 32.2. The number of likely N-dealkylation sites (N-methyl/N-ethyl adjacent to an activating group) is 1. The summed E-state index contributed by atoms with van der Waals surface area (Å²) in [5, 5.41) is 11.7. The summed E-state index contributed by atoms with van der Waals surface area (Å²) in [5.74, 6) is 0.406. The zero-order valence-corrected chi connectivity index (χ0v) is 18.3. The molecule has 1 unspecified atom stereocenters. The summed E-state index contributed by atoms with van der Waals surface area (Å²) in [6, 6.07) is 10.4. The second kappa shape index (κ2) is 9.67. The summed E-state index contributed by atoms with van der Waals surface area (Å²) in [6.07, 6.45) is 6.80. The van der Waals surface area contributed by atoms with Crippen LogP contribution in [0.5, 0.6) is 0 Å². The van der Waals surface area contributed by atoms with Crippen molar-refractivity contribution in [1.29, 1.82) is 0 Å². The molecule has 0 aromatic heterocycles. The third-order valence-corrected chi connectivity index (χ3v) is 6.06. The molecule has 1 aromatic carbocycles. The number of β-amino-alcohol motifs (C(OH)–C–C–N with tert-alkyl or cyclic N) is 1. The van der Waals surface area contributed by atoms with E-state index in [0.29, 0.717) is 12.2 Å². The van der Waals surface area contributed by atoms with Crippen LogP contribution in [-0.4, -0.2) is 80.5 Å². The maximum Gasteiger partial charge on any atom is 0.105 e. The predicted molar refractivity (Wildman–Crippen MR) is 111 cm³/mol. The summed E-state index contributed by atoms with van der Waals surface area (Å²) in [4.78, 5) is 2.49. The molecule has 1 saturated heterocycles. The van der Waals surface area contributed by atoms with Crippen molar-refractivity contribution < 1.29 is 22.6 Å². The van der Waals surface area contributed by atoms with Gasteiger partial charge in [0.2, 0.25) is 0 Å². The van der Waals surface area contributed by atoms with Crippen LogP contribution in [0.15, 0.2) is 30.3 Å². The largest absolute Gasteiger partial charge is 0.748 e. The minimum absolute atomic E-state index is 0.406. The van der Waals surface area contributed by atoms with Gasteiger partial charge in [-0.3, -0.25) is 4.90 Å². The molecule has 0 radical (unpaired) electrons. The molecule has 1 N–H and O–H groups in total. The molecule has 1 atom stereocenters. The third-order valence-electron chi connectivity index (χ3n) is 6.06.